The van der Waals surface area contributed by atoms with E-state index >= 15 is 0 Å². The SMILES string of the molecule is O=C(OC1COC1)c1nc(Cl)ccc1Cl. The molecule has 1 aliphatic heterocycles. The molecule has 80 valence electrons. The largest absolute Gasteiger partial charge is 0.453 e. The van der Waals surface area contributed by atoms with Gasteiger partial charge in [0.1, 0.15) is 11.3 Å². The Balaban J connectivity index is 2.12. The summed E-state index contributed by atoms with van der Waals surface area (Å²) in [6.07, 6.45) is -0.200. The Hall–Kier alpha value is -0.840. The summed E-state index contributed by atoms with van der Waals surface area (Å²) >= 11 is 11.4. The number of halogens is 2. The molecule has 15 heavy (non-hydrogen) atoms. The first-order chi connectivity index (χ1) is 7.16. The van der Waals surface area contributed by atoms with Gasteiger partial charge in [0, 0.05) is 0 Å². The van der Waals surface area contributed by atoms with Crippen LogP contribution in [0.2, 0.25) is 10.2 Å². The fraction of sp³-hybridized carbons (Fsp3) is 0.333. The minimum Gasteiger partial charge on any atom is -0.453 e. The van der Waals surface area contributed by atoms with E-state index in [0.29, 0.717) is 13.2 Å². The molecule has 0 radical (unpaired) electrons. The number of carbonyl (C=O) groups is 1. The van der Waals surface area contributed by atoms with Crippen molar-refractivity contribution >= 4 is 29.2 Å². The van der Waals surface area contributed by atoms with E-state index in [4.69, 9.17) is 32.7 Å². The molecule has 0 N–H and O–H groups in total. The number of hydrogen-bond acceptors (Lipinski definition) is 4. The van der Waals surface area contributed by atoms with Crippen molar-refractivity contribution < 1.29 is 14.3 Å². The second kappa shape index (κ2) is 4.35. The van der Waals surface area contributed by atoms with Crippen molar-refractivity contribution in [2.24, 2.45) is 0 Å². The molecule has 0 spiro atoms. The van der Waals surface area contributed by atoms with Gasteiger partial charge in [0.05, 0.1) is 18.2 Å². The summed E-state index contributed by atoms with van der Waals surface area (Å²) in [4.78, 5) is 15.3. The Morgan fingerprint density at radius 3 is 2.80 bits per heavy atom. The third-order valence-electron chi connectivity index (χ3n) is 1.89. The van der Waals surface area contributed by atoms with Gasteiger partial charge < -0.3 is 9.47 Å². The summed E-state index contributed by atoms with van der Waals surface area (Å²) in [5.74, 6) is -0.573. The molecule has 0 unspecified atom stereocenters. The Bertz CT molecular complexity index is 393. The van der Waals surface area contributed by atoms with Crippen LogP contribution in [-0.4, -0.2) is 30.3 Å². The maximum absolute atomic E-state index is 11.5. The molecular weight excluding hydrogens is 241 g/mol. The zero-order valence-corrected chi connectivity index (χ0v) is 9.09. The van der Waals surface area contributed by atoms with Crippen LogP contribution in [0, 0.1) is 0 Å². The fourth-order valence-electron chi connectivity index (χ4n) is 1.05. The monoisotopic (exact) mass is 247 g/mol. The van der Waals surface area contributed by atoms with E-state index in [-0.39, 0.29) is 22.0 Å². The Kier molecular flexibility index (Phi) is 3.09. The van der Waals surface area contributed by atoms with E-state index in [1.54, 1.807) is 0 Å². The lowest BCUT2D eigenvalue weighted by molar-refractivity contribution is -0.103. The zero-order chi connectivity index (χ0) is 10.8. The molecule has 2 heterocycles. The van der Waals surface area contributed by atoms with Crippen molar-refractivity contribution in [3.05, 3.63) is 28.0 Å². The van der Waals surface area contributed by atoms with Crippen molar-refractivity contribution in [3.8, 4) is 0 Å². The van der Waals surface area contributed by atoms with Gasteiger partial charge in [-0.2, -0.15) is 0 Å². The molecule has 1 aromatic rings. The molecule has 0 amide bonds. The van der Waals surface area contributed by atoms with Gasteiger partial charge in [-0.05, 0) is 12.1 Å². The highest BCUT2D eigenvalue weighted by Crippen LogP contribution is 2.19. The maximum Gasteiger partial charge on any atom is 0.358 e. The van der Waals surface area contributed by atoms with Crippen LogP contribution >= 0.6 is 23.2 Å². The number of esters is 1. The van der Waals surface area contributed by atoms with E-state index in [0.717, 1.165) is 0 Å². The number of hydrogen-bond donors (Lipinski definition) is 0. The minimum atomic E-state index is -0.573. The van der Waals surface area contributed by atoms with E-state index in [9.17, 15) is 4.79 Å². The Morgan fingerprint density at radius 1 is 1.47 bits per heavy atom. The topological polar surface area (TPSA) is 48.4 Å². The quantitative estimate of drug-likeness (QED) is 0.592. The predicted molar refractivity (Wildman–Crippen MR) is 54.3 cm³/mol. The summed E-state index contributed by atoms with van der Waals surface area (Å²) < 4.78 is 9.91. The Morgan fingerprint density at radius 2 is 2.20 bits per heavy atom. The van der Waals surface area contributed by atoms with Gasteiger partial charge in [0.15, 0.2) is 5.69 Å². The van der Waals surface area contributed by atoms with Gasteiger partial charge in [-0.1, -0.05) is 23.2 Å². The number of aromatic nitrogens is 1. The van der Waals surface area contributed by atoms with E-state index < -0.39 is 5.97 Å². The summed E-state index contributed by atoms with van der Waals surface area (Å²) in [5.41, 5.74) is 0.0380. The highest BCUT2D eigenvalue weighted by molar-refractivity contribution is 6.34. The molecular formula is C9H7Cl2NO3. The smallest absolute Gasteiger partial charge is 0.358 e. The molecule has 0 bridgehead atoms. The number of nitrogens with zero attached hydrogens (tertiary/aromatic N) is 1. The normalized spacial score (nSPS) is 15.9. The van der Waals surface area contributed by atoms with Gasteiger partial charge in [-0.3, -0.25) is 0 Å². The van der Waals surface area contributed by atoms with Crippen molar-refractivity contribution in [1.82, 2.24) is 4.98 Å². The molecule has 0 atom stereocenters. The number of ether oxygens (including phenoxy) is 2. The van der Waals surface area contributed by atoms with Gasteiger partial charge in [-0.25, -0.2) is 9.78 Å². The summed E-state index contributed by atoms with van der Waals surface area (Å²) in [5, 5.41) is 0.431. The van der Waals surface area contributed by atoms with Crippen LogP contribution in [0.15, 0.2) is 12.1 Å². The van der Waals surface area contributed by atoms with Gasteiger partial charge in [0.2, 0.25) is 0 Å². The molecule has 1 fully saturated rings. The maximum atomic E-state index is 11.5. The van der Waals surface area contributed by atoms with Gasteiger partial charge >= 0.3 is 5.97 Å². The van der Waals surface area contributed by atoms with E-state index in [1.165, 1.54) is 12.1 Å². The molecule has 0 aromatic carbocycles. The van der Waals surface area contributed by atoms with Gasteiger partial charge in [0.25, 0.3) is 0 Å². The van der Waals surface area contributed by atoms with Crippen LogP contribution in [0.4, 0.5) is 0 Å². The molecule has 4 nitrogen and oxygen atoms in total. The standard InChI is InChI=1S/C9H7Cl2NO3/c10-6-1-2-7(11)12-8(6)9(13)15-5-3-14-4-5/h1-2,5H,3-4H2. The zero-order valence-electron chi connectivity index (χ0n) is 7.57. The van der Waals surface area contributed by atoms with Crippen molar-refractivity contribution in [1.29, 1.82) is 0 Å². The molecule has 6 heteroatoms. The molecule has 1 aromatic heterocycles. The number of carbonyl (C=O) groups excluding carboxylic acids is 1. The van der Waals surface area contributed by atoms with E-state index in [1.807, 2.05) is 0 Å². The van der Waals surface area contributed by atoms with Crippen LogP contribution in [0.1, 0.15) is 10.5 Å². The van der Waals surface area contributed by atoms with Crippen LogP contribution in [0.5, 0.6) is 0 Å². The predicted octanol–water partition coefficient (Wildman–Crippen LogP) is 1.94. The lowest BCUT2D eigenvalue weighted by atomic mass is 10.3. The molecule has 1 saturated heterocycles. The Labute approximate surface area is 96.1 Å². The first kappa shape index (κ1) is 10.7. The fourth-order valence-corrected chi connectivity index (χ4v) is 1.38. The third-order valence-corrected chi connectivity index (χ3v) is 2.40. The molecule has 0 saturated carbocycles. The average molecular weight is 248 g/mol. The molecule has 0 aliphatic carbocycles. The first-order valence-electron chi connectivity index (χ1n) is 4.27. The van der Waals surface area contributed by atoms with Crippen molar-refractivity contribution in [3.63, 3.8) is 0 Å². The second-order valence-corrected chi connectivity index (χ2v) is 3.82. The van der Waals surface area contributed by atoms with Crippen LogP contribution in [-0.2, 0) is 9.47 Å². The van der Waals surface area contributed by atoms with Crippen LogP contribution < -0.4 is 0 Å². The number of pyridine rings is 1. The van der Waals surface area contributed by atoms with Gasteiger partial charge in [-0.15, -0.1) is 0 Å². The highest BCUT2D eigenvalue weighted by Gasteiger charge is 2.25. The lowest BCUT2D eigenvalue weighted by Crippen LogP contribution is -2.38. The highest BCUT2D eigenvalue weighted by atomic mass is 35.5. The van der Waals surface area contributed by atoms with Crippen LogP contribution in [0.25, 0.3) is 0 Å². The third kappa shape index (κ3) is 2.40. The summed E-state index contributed by atoms with van der Waals surface area (Å²) in [7, 11) is 0. The first-order valence-corrected chi connectivity index (χ1v) is 5.03. The van der Waals surface area contributed by atoms with Crippen molar-refractivity contribution in [2.45, 2.75) is 6.10 Å². The molecule has 2 rings (SSSR count). The average Bonchev–Trinajstić information content (AvgIpc) is 2.15. The molecule has 1 aliphatic rings. The second-order valence-electron chi connectivity index (χ2n) is 3.03. The van der Waals surface area contributed by atoms with E-state index in [2.05, 4.69) is 4.98 Å². The summed E-state index contributed by atoms with van der Waals surface area (Å²) in [6, 6.07) is 3.01. The minimum absolute atomic E-state index is 0.0380. The number of rotatable bonds is 2. The van der Waals surface area contributed by atoms with Crippen molar-refractivity contribution in [2.75, 3.05) is 13.2 Å². The lowest BCUT2D eigenvalue weighted by Gasteiger charge is -2.25. The van der Waals surface area contributed by atoms with Crippen LogP contribution in [0.3, 0.4) is 0 Å². The summed E-state index contributed by atoms with van der Waals surface area (Å²) in [6.45, 7) is 0.841.